The first kappa shape index (κ1) is 18.9. The van der Waals surface area contributed by atoms with Crippen molar-refractivity contribution < 1.29 is 19.2 Å². The van der Waals surface area contributed by atoms with Gasteiger partial charge in [-0.2, -0.15) is 4.99 Å². The SMILES string of the molecule is CCn1c(=NC(=O)C=Cc2ccc([N+](=O)[O-])cc2)sc2cc3c(cc21)OCCO3. The molecule has 1 amide bonds. The van der Waals surface area contributed by atoms with Crippen LogP contribution in [-0.2, 0) is 11.3 Å². The molecular weight excluding hydrogens is 394 g/mol. The van der Waals surface area contributed by atoms with Crippen LogP contribution in [-0.4, -0.2) is 28.6 Å². The maximum Gasteiger partial charge on any atom is 0.272 e. The van der Waals surface area contributed by atoms with E-state index in [1.54, 1.807) is 18.2 Å². The first-order valence-corrected chi connectivity index (χ1v) is 9.81. The van der Waals surface area contributed by atoms with Gasteiger partial charge in [-0.3, -0.25) is 14.9 Å². The molecule has 0 fully saturated rings. The van der Waals surface area contributed by atoms with Gasteiger partial charge in [0.05, 0.1) is 15.1 Å². The lowest BCUT2D eigenvalue weighted by Gasteiger charge is -2.18. The summed E-state index contributed by atoms with van der Waals surface area (Å²) in [5, 5.41) is 10.7. The van der Waals surface area contributed by atoms with Gasteiger partial charge < -0.3 is 14.0 Å². The van der Waals surface area contributed by atoms with Crippen LogP contribution in [0, 0.1) is 10.1 Å². The summed E-state index contributed by atoms with van der Waals surface area (Å²) in [5.41, 5.74) is 1.62. The number of hydrogen-bond donors (Lipinski definition) is 0. The van der Waals surface area contributed by atoms with Crippen molar-refractivity contribution in [2.45, 2.75) is 13.5 Å². The fourth-order valence-electron chi connectivity index (χ4n) is 3.00. The minimum absolute atomic E-state index is 0.00286. The molecule has 2 heterocycles. The van der Waals surface area contributed by atoms with E-state index in [4.69, 9.17) is 9.47 Å². The summed E-state index contributed by atoms with van der Waals surface area (Å²) in [6.07, 6.45) is 2.93. The average molecular weight is 411 g/mol. The molecule has 0 N–H and O–H groups in total. The van der Waals surface area contributed by atoms with Gasteiger partial charge in [0.25, 0.3) is 11.6 Å². The second-order valence-electron chi connectivity index (χ2n) is 6.22. The molecule has 0 radical (unpaired) electrons. The Morgan fingerprint density at radius 3 is 2.59 bits per heavy atom. The van der Waals surface area contributed by atoms with Crippen LogP contribution < -0.4 is 14.3 Å². The first-order chi connectivity index (χ1) is 14.0. The van der Waals surface area contributed by atoms with Gasteiger partial charge in [0.1, 0.15) is 13.2 Å². The predicted octanol–water partition coefficient (Wildman–Crippen LogP) is 3.54. The highest BCUT2D eigenvalue weighted by atomic mass is 32.1. The number of amides is 1. The number of nitro benzene ring substituents is 1. The van der Waals surface area contributed by atoms with Gasteiger partial charge in [-0.25, -0.2) is 0 Å². The summed E-state index contributed by atoms with van der Waals surface area (Å²) in [6, 6.07) is 9.78. The first-order valence-electron chi connectivity index (χ1n) is 8.99. The molecule has 3 aromatic rings. The largest absolute Gasteiger partial charge is 0.486 e. The normalized spacial score (nSPS) is 13.9. The van der Waals surface area contributed by atoms with E-state index in [0.29, 0.717) is 41.6 Å². The number of ether oxygens (including phenoxy) is 2. The van der Waals surface area contributed by atoms with Gasteiger partial charge in [0.15, 0.2) is 16.3 Å². The molecule has 0 spiro atoms. The van der Waals surface area contributed by atoms with Crippen LogP contribution in [0.4, 0.5) is 5.69 Å². The van der Waals surface area contributed by atoms with E-state index in [-0.39, 0.29) is 5.69 Å². The Morgan fingerprint density at radius 1 is 1.24 bits per heavy atom. The zero-order chi connectivity index (χ0) is 20.4. The lowest BCUT2D eigenvalue weighted by molar-refractivity contribution is -0.384. The summed E-state index contributed by atoms with van der Waals surface area (Å²) >= 11 is 1.41. The van der Waals surface area contributed by atoms with Crippen LogP contribution in [0.25, 0.3) is 16.3 Å². The number of aromatic nitrogens is 1. The van der Waals surface area contributed by atoms with Crippen LogP contribution in [0.2, 0.25) is 0 Å². The molecule has 1 aliphatic heterocycles. The Bertz CT molecular complexity index is 1190. The second kappa shape index (κ2) is 7.88. The zero-order valence-electron chi connectivity index (χ0n) is 15.5. The number of carbonyl (C=O) groups excluding carboxylic acids is 1. The van der Waals surface area contributed by atoms with E-state index < -0.39 is 10.8 Å². The Labute approximate surface area is 169 Å². The molecule has 29 heavy (non-hydrogen) atoms. The van der Waals surface area contributed by atoms with Crippen LogP contribution in [0.3, 0.4) is 0 Å². The number of rotatable bonds is 4. The van der Waals surface area contributed by atoms with Gasteiger partial charge in [0, 0.05) is 36.9 Å². The van der Waals surface area contributed by atoms with Crippen molar-refractivity contribution in [1.82, 2.24) is 4.57 Å². The summed E-state index contributed by atoms with van der Waals surface area (Å²) in [7, 11) is 0. The fraction of sp³-hybridized carbons (Fsp3) is 0.200. The molecule has 8 nitrogen and oxygen atoms in total. The van der Waals surface area contributed by atoms with Gasteiger partial charge in [-0.05, 0) is 30.7 Å². The van der Waals surface area contributed by atoms with Crippen molar-refractivity contribution in [3.05, 3.63) is 63.0 Å². The number of carbonyl (C=O) groups is 1. The number of fused-ring (bicyclic) bond motifs is 2. The summed E-state index contributed by atoms with van der Waals surface area (Å²) in [5.74, 6) is 0.985. The zero-order valence-corrected chi connectivity index (χ0v) is 16.3. The van der Waals surface area contributed by atoms with Gasteiger partial charge in [0.2, 0.25) is 0 Å². The van der Waals surface area contributed by atoms with Crippen LogP contribution in [0.5, 0.6) is 11.5 Å². The van der Waals surface area contributed by atoms with E-state index in [9.17, 15) is 14.9 Å². The number of hydrogen-bond acceptors (Lipinski definition) is 6. The molecular formula is C20H17N3O5S. The highest BCUT2D eigenvalue weighted by Crippen LogP contribution is 2.35. The monoisotopic (exact) mass is 411 g/mol. The molecule has 0 saturated carbocycles. The van der Waals surface area contributed by atoms with Gasteiger partial charge >= 0.3 is 0 Å². The van der Waals surface area contributed by atoms with E-state index in [1.165, 1.54) is 29.5 Å². The Hall–Kier alpha value is -3.46. The van der Waals surface area contributed by atoms with Crippen molar-refractivity contribution >= 4 is 39.2 Å². The molecule has 0 aliphatic carbocycles. The Kier molecular flexibility index (Phi) is 5.13. The average Bonchev–Trinajstić information content (AvgIpc) is 3.06. The molecule has 4 rings (SSSR count). The molecule has 9 heteroatoms. The highest BCUT2D eigenvalue weighted by Gasteiger charge is 2.16. The summed E-state index contributed by atoms with van der Waals surface area (Å²) in [4.78, 5) is 27.4. The fourth-order valence-corrected chi connectivity index (χ4v) is 4.11. The van der Waals surface area contributed by atoms with E-state index in [0.717, 1.165) is 10.2 Å². The van der Waals surface area contributed by atoms with Crippen molar-refractivity contribution in [2.75, 3.05) is 13.2 Å². The lowest BCUT2D eigenvalue weighted by atomic mass is 10.2. The Balaban J connectivity index is 1.64. The quantitative estimate of drug-likeness (QED) is 0.372. The minimum atomic E-state index is -0.465. The third kappa shape index (κ3) is 3.90. The maximum absolute atomic E-state index is 12.3. The molecule has 1 aliphatic rings. The summed E-state index contributed by atoms with van der Waals surface area (Å²) < 4.78 is 14.2. The molecule has 148 valence electrons. The maximum atomic E-state index is 12.3. The second-order valence-corrected chi connectivity index (χ2v) is 7.23. The number of non-ortho nitro benzene ring substituents is 1. The number of aryl methyl sites for hydroxylation is 1. The van der Waals surface area contributed by atoms with E-state index in [2.05, 4.69) is 4.99 Å². The standard InChI is InChI=1S/C20H17N3O5S/c1-2-22-15-11-16-17(28-10-9-27-16)12-18(15)29-20(22)21-19(24)8-5-13-3-6-14(7-4-13)23(25)26/h3-8,11-12H,2,9-10H2,1H3. The van der Waals surface area contributed by atoms with Gasteiger partial charge in [-0.15, -0.1) is 0 Å². The summed E-state index contributed by atoms with van der Waals surface area (Å²) in [6.45, 7) is 3.66. The smallest absolute Gasteiger partial charge is 0.272 e. The highest BCUT2D eigenvalue weighted by molar-refractivity contribution is 7.16. The number of nitro groups is 1. The van der Waals surface area contributed by atoms with Crippen molar-refractivity contribution in [3.63, 3.8) is 0 Å². The van der Waals surface area contributed by atoms with E-state index in [1.807, 2.05) is 23.6 Å². The number of nitrogens with zero attached hydrogens (tertiary/aromatic N) is 3. The lowest BCUT2D eigenvalue weighted by Crippen LogP contribution is -2.16. The Morgan fingerprint density at radius 2 is 1.93 bits per heavy atom. The van der Waals surface area contributed by atoms with E-state index >= 15 is 0 Å². The van der Waals surface area contributed by atoms with Crippen LogP contribution in [0.1, 0.15) is 12.5 Å². The van der Waals surface area contributed by atoms with Gasteiger partial charge in [-0.1, -0.05) is 11.3 Å². The molecule has 2 aromatic carbocycles. The molecule has 0 saturated heterocycles. The van der Waals surface area contributed by atoms with Crippen LogP contribution >= 0.6 is 11.3 Å². The van der Waals surface area contributed by atoms with Crippen molar-refractivity contribution in [3.8, 4) is 11.5 Å². The van der Waals surface area contributed by atoms with Crippen molar-refractivity contribution in [2.24, 2.45) is 4.99 Å². The topological polar surface area (TPSA) is 96.0 Å². The molecule has 0 bridgehead atoms. The number of thiazole rings is 1. The minimum Gasteiger partial charge on any atom is -0.486 e. The number of benzene rings is 2. The van der Waals surface area contributed by atoms with Crippen molar-refractivity contribution in [1.29, 1.82) is 0 Å². The predicted molar refractivity (Wildman–Crippen MR) is 109 cm³/mol. The third-order valence-corrected chi connectivity index (χ3v) is 5.43. The molecule has 0 atom stereocenters. The van der Waals surface area contributed by atoms with Crippen LogP contribution in [0.15, 0.2) is 47.5 Å². The third-order valence-electron chi connectivity index (χ3n) is 4.39. The molecule has 1 aromatic heterocycles. The molecule has 0 unspecified atom stereocenters.